The third-order valence-electron chi connectivity index (χ3n) is 4.88. The number of nitrogens with one attached hydrogen (secondary N) is 1. The number of hydrogen-bond acceptors (Lipinski definition) is 3. The molecule has 1 aliphatic rings. The zero-order valence-electron chi connectivity index (χ0n) is 14.8. The fraction of sp³-hybridized carbons (Fsp3) is 0.632. The van der Waals surface area contributed by atoms with Crippen LogP contribution in [0.5, 0.6) is 0 Å². The largest absolute Gasteiger partial charge is 0.355 e. The van der Waals surface area contributed by atoms with Gasteiger partial charge in [-0.2, -0.15) is 0 Å². The van der Waals surface area contributed by atoms with Gasteiger partial charge in [-0.25, -0.2) is 0 Å². The fourth-order valence-corrected chi connectivity index (χ4v) is 3.10. The van der Waals surface area contributed by atoms with Crippen LogP contribution in [-0.2, 0) is 11.2 Å². The number of hydrogen-bond donors (Lipinski definition) is 2. The average Bonchev–Trinajstić information content (AvgIpc) is 2.89. The molecule has 1 aliphatic heterocycles. The van der Waals surface area contributed by atoms with Crippen LogP contribution in [0.15, 0.2) is 24.3 Å². The normalized spacial score (nSPS) is 21.8. The third-order valence-corrected chi connectivity index (χ3v) is 4.88. The molecular formula is C19H31N3O. The zero-order valence-corrected chi connectivity index (χ0v) is 14.8. The monoisotopic (exact) mass is 317 g/mol. The maximum atomic E-state index is 12.0. The van der Waals surface area contributed by atoms with E-state index in [2.05, 4.69) is 55.3 Å². The first-order valence-corrected chi connectivity index (χ1v) is 8.70. The molecular weight excluding hydrogens is 286 g/mol. The van der Waals surface area contributed by atoms with Crippen molar-refractivity contribution in [3.8, 4) is 0 Å². The van der Waals surface area contributed by atoms with Gasteiger partial charge in [0.15, 0.2) is 0 Å². The van der Waals surface area contributed by atoms with Crippen molar-refractivity contribution in [3.63, 3.8) is 0 Å². The van der Waals surface area contributed by atoms with Crippen LogP contribution < -0.4 is 11.1 Å². The predicted octanol–water partition coefficient (Wildman–Crippen LogP) is 2.14. The SMILES string of the molecule is CC(C)c1ccc(CCNC(=O)CN2CCC(C)(CN)C2)cc1. The molecule has 0 radical (unpaired) electrons. The standard InChI is InChI=1S/C19H31N3O/c1-15(2)17-6-4-16(5-7-17)8-10-21-18(23)12-22-11-9-19(3,13-20)14-22/h4-7,15H,8-14,20H2,1-3H3,(H,21,23). The topological polar surface area (TPSA) is 58.4 Å². The highest BCUT2D eigenvalue weighted by Gasteiger charge is 2.32. The second-order valence-corrected chi connectivity index (χ2v) is 7.47. The van der Waals surface area contributed by atoms with Gasteiger partial charge in [0.2, 0.25) is 5.91 Å². The molecule has 1 heterocycles. The molecule has 128 valence electrons. The number of rotatable bonds is 7. The van der Waals surface area contributed by atoms with Crippen LogP contribution in [0.1, 0.15) is 44.2 Å². The van der Waals surface area contributed by atoms with E-state index in [4.69, 9.17) is 5.73 Å². The van der Waals surface area contributed by atoms with Crippen molar-refractivity contribution in [3.05, 3.63) is 35.4 Å². The number of nitrogens with two attached hydrogens (primary N) is 1. The number of carbonyl (C=O) groups excluding carboxylic acids is 1. The number of nitrogens with zero attached hydrogens (tertiary/aromatic N) is 1. The van der Waals surface area contributed by atoms with Crippen molar-refractivity contribution in [1.29, 1.82) is 0 Å². The molecule has 4 heteroatoms. The zero-order chi connectivity index (χ0) is 16.9. The Morgan fingerprint density at radius 3 is 2.61 bits per heavy atom. The van der Waals surface area contributed by atoms with Gasteiger partial charge in [0.05, 0.1) is 6.54 Å². The fourth-order valence-electron chi connectivity index (χ4n) is 3.10. The Kier molecular flexibility index (Phi) is 6.19. The van der Waals surface area contributed by atoms with Gasteiger partial charge in [0.25, 0.3) is 0 Å². The summed E-state index contributed by atoms with van der Waals surface area (Å²) >= 11 is 0. The molecule has 2 rings (SSSR count). The van der Waals surface area contributed by atoms with E-state index in [1.165, 1.54) is 11.1 Å². The molecule has 1 aromatic rings. The summed E-state index contributed by atoms with van der Waals surface area (Å²) in [6.45, 7) is 10.4. The van der Waals surface area contributed by atoms with Crippen LogP contribution in [0.2, 0.25) is 0 Å². The first kappa shape index (κ1) is 18.0. The average molecular weight is 317 g/mol. The molecule has 0 spiro atoms. The first-order chi connectivity index (χ1) is 10.9. The maximum Gasteiger partial charge on any atom is 0.234 e. The maximum absolute atomic E-state index is 12.0. The van der Waals surface area contributed by atoms with E-state index in [0.29, 0.717) is 25.6 Å². The summed E-state index contributed by atoms with van der Waals surface area (Å²) in [6.07, 6.45) is 1.96. The number of likely N-dealkylation sites (tertiary alicyclic amines) is 1. The molecule has 1 aromatic carbocycles. The third kappa shape index (κ3) is 5.33. The van der Waals surface area contributed by atoms with E-state index in [-0.39, 0.29) is 11.3 Å². The van der Waals surface area contributed by atoms with Gasteiger partial charge in [-0.05, 0) is 48.4 Å². The molecule has 1 unspecified atom stereocenters. The molecule has 0 saturated carbocycles. The van der Waals surface area contributed by atoms with Crippen molar-refractivity contribution in [2.75, 3.05) is 32.7 Å². The van der Waals surface area contributed by atoms with Crippen LogP contribution in [0.3, 0.4) is 0 Å². The minimum atomic E-state index is 0.116. The van der Waals surface area contributed by atoms with E-state index >= 15 is 0 Å². The number of carbonyl (C=O) groups is 1. The summed E-state index contributed by atoms with van der Waals surface area (Å²) < 4.78 is 0. The van der Waals surface area contributed by atoms with Gasteiger partial charge in [0.1, 0.15) is 0 Å². The minimum Gasteiger partial charge on any atom is -0.355 e. The predicted molar refractivity (Wildman–Crippen MR) is 95.5 cm³/mol. The van der Waals surface area contributed by atoms with Crippen molar-refractivity contribution < 1.29 is 4.79 Å². The summed E-state index contributed by atoms with van der Waals surface area (Å²) in [6, 6.07) is 8.68. The Hall–Kier alpha value is -1.39. The number of amides is 1. The molecule has 1 atom stereocenters. The Balaban J connectivity index is 1.69. The van der Waals surface area contributed by atoms with Gasteiger partial charge in [0, 0.05) is 13.1 Å². The molecule has 3 N–H and O–H groups in total. The van der Waals surface area contributed by atoms with Crippen LogP contribution in [0.4, 0.5) is 0 Å². The van der Waals surface area contributed by atoms with E-state index in [9.17, 15) is 4.79 Å². The Bertz CT molecular complexity index is 512. The first-order valence-electron chi connectivity index (χ1n) is 8.70. The van der Waals surface area contributed by atoms with Crippen LogP contribution >= 0.6 is 0 Å². The van der Waals surface area contributed by atoms with Gasteiger partial charge in [-0.15, -0.1) is 0 Å². The molecule has 1 saturated heterocycles. The molecule has 0 bridgehead atoms. The lowest BCUT2D eigenvalue weighted by Gasteiger charge is -2.22. The molecule has 0 aliphatic carbocycles. The lowest BCUT2D eigenvalue weighted by atomic mass is 9.90. The van der Waals surface area contributed by atoms with Gasteiger partial charge in [-0.3, -0.25) is 9.69 Å². The highest BCUT2D eigenvalue weighted by Crippen LogP contribution is 2.27. The van der Waals surface area contributed by atoms with Crippen LogP contribution in [0.25, 0.3) is 0 Å². The van der Waals surface area contributed by atoms with E-state index in [0.717, 1.165) is 25.9 Å². The molecule has 0 aromatic heterocycles. The van der Waals surface area contributed by atoms with E-state index < -0.39 is 0 Å². The summed E-state index contributed by atoms with van der Waals surface area (Å²) in [5, 5.41) is 3.03. The minimum absolute atomic E-state index is 0.116. The Morgan fingerprint density at radius 2 is 2.04 bits per heavy atom. The Labute approximate surface area is 140 Å². The van der Waals surface area contributed by atoms with Gasteiger partial charge in [-0.1, -0.05) is 45.0 Å². The van der Waals surface area contributed by atoms with Crippen molar-refractivity contribution in [1.82, 2.24) is 10.2 Å². The molecule has 1 fully saturated rings. The number of benzene rings is 1. The molecule has 23 heavy (non-hydrogen) atoms. The van der Waals surface area contributed by atoms with Crippen LogP contribution in [-0.4, -0.2) is 43.5 Å². The lowest BCUT2D eigenvalue weighted by Crippen LogP contribution is -2.38. The molecule has 1 amide bonds. The highest BCUT2D eigenvalue weighted by molar-refractivity contribution is 5.78. The smallest absolute Gasteiger partial charge is 0.234 e. The summed E-state index contributed by atoms with van der Waals surface area (Å²) in [7, 11) is 0. The second kappa shape index (κ2) is 7.93. The van der Waals surface area contributed by atoms with Crippen molar-refractivity contribution >= 4 is 5.91 Å². The van der Waals surface area contributed by atoms with Crippen molar-refractivity contribution in [2.45, 2.75) is 39.5 Å². The van der Waals surface area contributed by atoms with Gasteiger partial charge >= 0.3 is 0 Å². The summed E-state index contributed by atoms with van der Waals surface area (Å²) in [5.41, 5.74) is 8.61. The summed E-state index contributed by atoms with van der Waals surface area (Å²) in [5.74, 6) is 0.675. The van der Waals surface area contributed by atoms with Crippen LogP contribution in [0, 0.1) is 5.41 Å². The lowest BCUT2D eigenvalue weighted by molar-refractivity contribution is -0.122. The Morgan fingerprint density at radius 1 is 1.35 bits per heavy atom. The van der Waals surface area contributed by atoms with Crippen molar-refractivity contribution in [2.24, 2.45) is 11.1 Å². The van der Waals surface area contributed by atoms with Gasteiger partial charge < -0.3 is 11.1 Å². The second-order valence-electron chi connectivity index (χ2n) is 7.47. The van der Waals surface area contributed by atoms with E-state index in [1.54, 1.807) is 0 Å². The summed E-state index contributed by atoms with van der Waals surface area (Å²) in [4.78, 5) is 14.3. The molecule has 4 nitrogen and oxygen atoms in total. The highest BCUT2D eigenvalue weighted by atomic mass is 16.2. The van der Waals surface area contributed by atoms with E-state index in [1.807, 2.05) is 0 Å². The quantitative estimate of drug-likeness (QED) is 0.810.